The summed E-state index contributed by atoms with van der Waals surface area (Å²) in [5.41, 5.74) is 3.09. The zero-order valence-corrected chi connectivity index (χ0v) is 25.7. The third-order valence-electron chi connectivity index (χ3n) is 12.0. The molecule has 222 valence electrons. The van der Waals surface area contributed by atoms with Gasteiger partial charge < -0.3 is 10.0 Å². The van der Waals surface area contributed by atoms with E-state index in [1.807, 2.05) is 24.1 Å². The summed E-state index contributed by atoms with van der Waals surface area (Å²) in [5.74, 6) is 3.67. The second-order valence-corrected chi connectivity index (χ2v) is 14.3. The molecule has 5 rings (SSSR count). The molecule has 3 unspecified atom stereocenters. The van der Waals surface area contributed by atoms with Gasteiger partial charge in [0.25, 0.3) is 0 Å². The zero-order valence-electron chi connectivity index (χ0n) is 25.7. The van der Waals surface area contributed by atoms with E-state index in [9.17, 15) is 14.7 Å². The number of benzene rings is 1. The molecule has 0 saturated heterocycles. The highest BCUT2D eigenvalue weighted by Gasteiger charge is 2.71. The SMILES string of the molecule is CCCCN(C)C(=O)CCCCCCCCCC[C@@H]1Cc2cc(O)ccc2C2CC[C@@]3(C)C(CC(=O)C34CC4)C21. The number of rotatable bonds is 14. The number of carbonyl (C=O) groups excluding carboxylic acids is 2. The molecule has 1 aromatic carbocycles. The van der Waals surface area contributed by atoms with Crippen LogP contribution in [0.5, 0.6) is 5.75 Å². The Labute approximate surface area is 243 Å². The fourth-order valence-corrected chi connectivity index (χ4v) is 9.50. The number of hydrogen-bond acceptors (Lipinski definition) is 3. The molecule has 0 heterocycles. The highest BCUT2D eigenvalue weighted by molar-refractivity contribution is 5.91. The van der Waals surface area contributed by atoms with Gasteiger partial charge in [0.1, 0.15) is 11.5 Å². The number of nitrogens with zero attached hydrogens (tertiary/aromatic N) is 1. The summed E-state index contributed by atoms with van der Waals surface area (Å²) >= 11 is 0. The number of carbonyl (C=O) groups is 2. The van der Waals surface area contributed by atoms with Gasteiger partial charge in [0.05, 0.1) is 0 Å². The van der Waals surface area contributed by atoms with Crippen molar-refractivity contribution < 1.29 is 14.7 Å². The largest absolute Gasteiger partial charge is 0.508 e. The van der Waals surface area contributed by atoms with Crippen molar-refractivity contribution in [1.29, 1.82) is 0 Å². The maximum absolute atomic E-state index is 13.3. The Kier molecular flexibility index (Phi) is 9.32. The van der Waals surface area contributed by atoms with Crippen LogP contribution in [-0.4, -0.2) is 35.3 Å². The van der Waals surface area contributed by atoms with Crippen molar-refractivity contribution in [2.75, 3.05) is 13.6 Å². The third kappa shape index (κ3) is 5.75. The Hall–Kier alpha value is -1.84. The van der Waals surface area contributed by atoms with Gasteiger partial charge in [-0.2, -0.15) is 0 Å². The minimum absolute atomic E-state index is 0.0285. The van der Waals surface area contributed by atoms with Crippen LogP contribution in [0.2, 0.25) is 0 Å². The van der Waals surface area contributed by atoms with Crippen molar-refractivity contribution in [2.24, 2.45) is 28.6 Å². The van der Waals surface area contributed by atoms with Crippen molar-refractivity contribution in [3.05, 3.63) is 29.3 Å². The summed E-state index contributed by atoms with van der Waals surface area (Å²) < 4.78 is 0. The number of Topliss-reactive ketones (excluding diaryl/α,β-unsaturated/α-hetero) is 1. The van der Waals surface area contributed by atoms with Gasteiger partial charge in [-0.15, -0.1) is 0 Å². The lowest BCUT2D eigenvalue weighted by Crippen LogP contribution is -2.46. The van der Waals surface area contributed by atoms with Gasteiger partial charge in [-0.1, -0.05) is 71.3 Å². The van der Waals surface area contributed by atoms with E-state index in [0.29, 0.717) is 47.5 Å². The Balaban J connectivity index is 1.08. The maximum atomic E-state index is 13.3. The van der Waals surface area contributed by atoms with Crippen LogP contribution < -0.4 is 0 Å². The minimum Gasteiger partial charge on any atom is -0.508 e. The van der Waals surface area contributed by atoms with Crippen molar-refractivity contribution in [3.8, 4) is 5.75 Å². The Bertz CT molecular complexity index is 1040. The molecule has 4 aliphatic carbocycles. The summed E-state index contributed by atoms with van der Waals surface area (Å²) in [5, 5.41) is 10.2. The second-order valence-electron chi connectivity index (χ2n) is 14.3. The van der Waals surface area contributed by atoms with E-state index < -0.39 is 0 Å². The fourth-order valence-electron chi connectivity index (χ4n) is 9.50. The molecule has 0 radical (unpaired) electrons. The Morgan fingerprint density at radius 1 is 0.975 bits per heavy atom. The molecule has 1 spiro atoms. The van der Waals surface area contributed by atoms with Crippen LogP contribution in [0.15, 0.2) is 18.2 Å². The van der Waals surface area contributed by atoms with Gasteiger partial charge >= 0.3 is 0 Å². The monoisotopic (exact) mass is 549 g/mol. The first-order valence-electron chi connectivity index (χ1n) is 16.9. The van der Waals surface area contributed by atoms with E-state index in [4.69, 9.17) is 0 Å². The summed E-state index contributed by atoms with van der Waals surface area (Å²) in [7, 11) is 1.94. The summed E-state index contributed by atoms with van der Waals surface area (Å²) in [6, 6.07) is 6.12. The number of fused-ring (bicyclic) bond motifs is 6. The van der Waals surface area contributed by atoms with Crippen LogP contribution in [0.1, 0.15) is 140 Å². The average molecular weight is 550 g/mol. The molecule has 3 fully saturated rings. The molecule has 0 bridgehead atoms. The van der Waals surface area contributed by atoms with Gasteiger partial charge in [0, 0.05) is 31.8 Å². The molecule has 1 amide bonds. The fraction of sp³-hybridized carbons (Fsp3) is 0.778. The van der Waals surface area contributed by atoms with Crippen LogP contribution in [0.4, 0.5) is 0 Å². The predicted molar refractivity (Wildman–Crippen MR) is 162 cm³/mol. The number of phenols is 1. The van der Waals surface area contributed by atoms with Crippen molar-refractivity contribution >= 4 is 11.7 Å². The van der Waals surface area contributed by atoms with E-state index in [-0.39, 0.29) is 10.8 Å². The molecular weight excluding hydrogens is 494 g/mol. The summed E-state index contributed by atoms with van der Waals surface area (Å²) in [6.45, 7) is 5.55. The quantitative estimate of drug-likeness (QED) is 0.236. The first kappa shape index (κ1) is 29.6. The average Bonchev–Trinajstić information content (AvgIpc) is 3.73. The zero-order chi connectivity index (χ0) is 28.3. The predicted octanol–water partition coefficient (Wildman–Crippen LogP) is 8.59. The smallest absolute Gasteiger partial charge is 0.222 e. The molecule has 5 atom stereocenters. The lowest BCUT2D eigenvalue weighted by Gasteiger charge is -2.53. The molecule has 1 aromatic rings. The lowest BCUT2D eigenvalue weighted by molar-refractivity contribution is -0.130. The molecule has 4 heteroatoms. The maximum Gasteiger partial charge on any atom is 0.222 e. The van der Waals surface area contributed by atoms with Gasteiger partial charge in [0.15, 0.2) is 0 Å². The van der Waals surface area contributed by atoms with Gasteiger partial charge in [-0.25, -0.2) is 0 Å². The molecule has 4 aliphatic rings. The Morgan fingerprint density at radius 2 is 1.68 bits per heavy atom. The molecule has 40 heavy (non-hydrogen) atoms. The molecule has 1 N–H and O–H groups in total. The van der Waals surface area contributed by atoms with Gasteiger partial charge in [-0.3, -0.25) is 9.59 Å². The second kappa shape index (κ2) is 12.6. The summed E-state index contributed by atoms with van der Waals surface area (Å²) in [4.78, 5) is 27.4. The minimum atomic E-state index is 0.0285. The molecular formula is C36H55NO3. The van der Waals surface area contributed by atoms with E-state index in [1.165, 1.54) is 75.3 Å². The number of phenolic OH excluding ortho intramolecular Hbond substituents is 1. The molecule has 4 nitrogen and oxygen atoms in total. The van der Waals surface area contributed by atoms with Crippen molar-refractivity contribution in [2.45, 2.75) is 135 Å². The lowest BCUT2D eigenvalue weighted by atomic mass is 9.50. The number of amides is 1. The van der Waals surface area contributed by atoms with Crippen LogP contribution in [0.3, 0.4) is 0 Å². The van der Waals surface area contributed by atoms with Crippen molar-refractivity contribution in [3.63, 3.8) is 0 Å². The van der Waals surface area contributed by atoms with Crippen LogP contribution in [0, 0.1) is 28.6 Å². The highest BCUT2D eigenvalue weighted by Crippen LogP contribution is 2.75. The number of hydrogen-bond donors (Lipinski definition) is 1. The van der Waals surface area contributed by atoms with Gasteiger partial charge in [0.2, 0.25) is 5.91 Å². The topological polar surface area (TPSA) is 57.6 Å². The first-order chi connectivity index (χ1) is 19.3. The molecule has 0 aromatic heterocycles. The van der Waals surface area contributed by atoms with Crippen molar-refractivity contribution in [1.82, 2.24) is 4.90 Å². The summed E-state index contributed by atoms with van der Waals surface area (Å²) in [6.07, 6.45) is 20.7. The van der Waals surface area contributed by atoms with Crippen LogP contribution in [-0.2, 0) is 16.0 Å². The third-order valence-corrected chi connectivity index (χ3v) is 12.0. The molecule has 0 aliphatic heterocycles. The van der Waals surface area contributed by atoms with Gasteiger partial charge in [-0.05, 0) is 104 Å². The standard InChI is InChI=1S/C36H55NO3/c1-4-5-22-37(3)33(40)15-13-11-9-7-6-8-10-12-14-26-23-27-24-28(38)16-17-29(27)30-18-19-35(2)31(34(26)30)25-32(39)36(35)20-21-36/h16-17,24,26,30-31,34,38H,4-15,18-23,25H2,1-3H3/t26-,30?,31?,34?,35+/m1/s1. The molecule has 3 saturated carbocycles. The number of ketones is 1. The van der Waals surface area contributed by atoms with Crippen LogP contribution in [0.25, 0.3) is 0 Å². The number of aromatic hydroxyl groups is 1. The van der Waals surface area contributed by atoms with E-state index in [0.717, 1.165) is 51.5 Å². The Morgan fingerprint density at radius 3 is 2.38 bits per heavy atom. The first-order valence-corrected chi connectivity index (χ1v) is 16.9. The highest BCUT2D eigenvalue weighted by atomic mass is 16.3. The van der Waals surface area contributed by atoms with E-state index in [2.05, 4.69) is 19.9 Å². The number of unbranched alkanes of at least 4 members (excludes halogenated alkanes) is 8. The van der Waals surface area contributed by atoms with Crippen LogP contribution >= 0.6 is 0 Å². The normalized spacial score (nSPS) is 29.6. The van der Waals surface area contributed by atoms with E-state index >= 15 is 0 Å². The van der Waals surface area contributed by atoms with E-state index in [1.54, 1.807) is 0 Å².